The van der Waals surface area contributed by atoms with Gasteiger partial charge in [-0.3, -0.25) is 4.79 Å². The molecule has 0 spiro atoms. The highest BCUT2D eigenvalue weighted by molar-refractivity contribution is 7.89. The molecule has 5 atom stereocenters. The zero-order chi connectivity index (χ0) is 26.4. The Morgan fingerprint density at radius 3 is 2.37 bits per heavy atom. The average molecular weight is 530 g/mol. The first-order valence-electron chi connectivity index (χ1n) is 13.8. The van der Waals surface area contributed by atoms with Crippen LogP contribution in [0.5, 0.6) is 0 Å². The van der Waals surface area contributed by atoms with Crippen molar-refractivity contribution in [1.29, 1.82) is 0 Å². The van der Waals surface area contributed by atoms with Gasteiger partial charge in [-0.2, -0.15) is 4.31 Å². The summed E-state index contributed by atoms with van der Waals surface area (Å²) in [6, 6.07) is 23.5. The molecule has 0 radical (unpaired) electrons. The van der Waals surface area contributed by atoms with Crippen LogP contribution < -0.4 is 10.6 Å². The molecule has 2 aliphatic carbocycles. The number of hydrogen-bond acceptors (Lipinski definition) is 4. The molecule has 198 valence electrons. The van der Waals surface area contributed by atoms with Crippen molar-refractivity contribution >= 4 is 27.3 Å². The summed E-state index contributed by atoms with van der Waals surface area (Å²) in [7, 11) is -3.53. The minimum atomic E-state index is -3.53. The fourth-order valence-corrected chi connectivity index (χ4v) is 8.70. The van der Waals surface area contributed by atoms with Crippen molar-refractivity contribution in [2.75, 3.05) is 23.7 Å². The Hall–Kier alpha value is -3.16. The predicted molar refractivity (Wildman–Crippen MR) is 151 cm³/mol. The van der Waals surface area contributed by atoms with Gasteiger partial charge in [-0.1, -0.05) is 44.2 Å². The second-order valence-corrected chi connectivity index (χ2v) is 12.8. The van der Waals surface area contributed by atoms with E-state index in [-0.39, 0.29) is 10.8 Å². The molecule has 7 heteroatoms. The van der Waals surface area contributed by atoms with Crippen LogP contribution in [-0.2, 0) is 10.0 Å². The maximum absolute atomic E-state index is 13.3. The molecule has 0 saturated heterocycles. The van der Waals surface area contributed by atoms with Crippen LogP contribution in [0, 0.1) is 17.8 Å². The van der Waals surface area contributed by atoms with Crippen molar-refractivity contribution in [2.24, 2.45) is 17.8 Å². The number of fused-ring (bicyclic) bond motifs is 7. The van der Waals surface area contributed by atoms with Gasteiger partial charge in [-0.05, 0) is 96.5 Å². The smallest absolute Gasteiger partial charge is 0.255 e. The van der Waals surface area contributed by atoms with Gasteiger partial charge in [0.2, 0.25) is 10.0 Å². The molecule has 6 nitrogen and oxygen atoms in total. The van der Waals surface area contributed by atoms with Crippen molar-refractivity contribution in [3.63, 3.8) is 0 Å². The molecule has 3 aromatic rings. The lowest BCUT2D eigenvalue weighted by molar-refractivity contribution is 0.102. The van der Waals surface area contributed by atoms with E-state index in [9.17, 15) is 13.2 Å². The van der Waals surface area contributed by atoms with Crippen molar-refractivity contribution in [1.82, 2.24) is 4.31 Å². The van der Waals surface area contributed by atoms with Crippen molar-refractivity contribution < 1.29 is 13.2 Å². The Kier molecular flexibility index (Phi) is 6.52. The Morgan fingerprint density at radius 1 is 0.947 bits per heavy atom. The van der Waals surface area contributed by atoms with Crippen LogP contribution in [0.3, 0.4) is 0 Å². The molecular weight excluding hydrogens is 494 g/mol. The van der Waals surface area contributed by atoms with Gasteiger partial charge in [-0.15, -0.1) is 0 Å². The number of benzene rings is 3. The largest absolute Gasteiger partial charge is 0.378 e. The van der Waals surface area contributed by atoms with E-state index in [1.54, 1.807) is 24.3 Å². The van der Waals surface area contributed by atoms with E-state index in [0.717, 1.165) is 11.6 Å². The van der Waals surface area contributed by atoms with Crippen LogP contribution in [0.2, 0.25) is 0 Å². The minimum absolute atomic E-state index is 0.183. The van der Waals surface area contributed by atoms with Gasteiger partial charge in [0.1, 0.15) is 0 Å². The summed E-state index contributed by atoms with van der Waals surface area (Å²) in [5.74, 6) is 2.22. The molecule has 3 aliphatic rings. The lowest BCUT2D eigenvalue weighted by Crippen LogP contribution is -2.35. The molecule has 38 heavy (non-hydrogen) atoms. The zero-order valence-electron chi connectivity index (χ0n) is 21.9. The highest BCUT2D eigenvalue weighted by atomic mass is 32.2. The molecule has 3 aromatic carbocycles. The third kappa shape index (κ3) is 4.22. The third-order valence-electron chi connectivity index (χ3n) is 8.96. The van der Waals surface area contributed by atoms with Gasteiger partial charge in [0.15, 0.2) is 0 Å². The van der Waals surface area contributed by atoms with Gasteiger partial charge < -0.3 is 10.6 Å². The fraction of sp³-hybridized carbons (Fsp3) is 0.387. The Balaban J connectivity index is 1.24. The van der Waals surface area contributed by atoms with Crippen LogP contribution >= 0.6 is 0 Å². The first-order chi connectivity index (χ1) is 18.4. The van der Waals surface area contributed by atoms with E-state index in [1.807, 2.05) is 19.9 Å². The number of carbonyl (C=O) groups is 1. The molecule has 2 N–H and O–H groups in total. The quantitative estimate of drug-likeness (QED) is 0.378. The van der Waals surface area contributed by atoms with Crippen LogP contribution in [0.4, 0.5) is 11.4 Å². The third-order valence-corrected chi connectivity index (χ3v) is 11.0. The second kappa shape index (κ2) is 9.86. The topological polar surface area (TPSA) is 78.5 Å². The molecule has 0 aromatic heterocycles. The predicted octanol–water partition coefficient (Wildman–Crippen LogP) is 6.27. The van der Waals surface area contributed by atoms with Crippen LogP contribution in [0.25, 0.3) is 0 Å². The molecular formula is C31H35N3O3S. The highest BCUT2D eigenvalue weighted by Gasteiger charge is 2.53. The number of nitrogens with one attached hydrogen (secondary N) is 2. The number of amides is 1. The highest BCUT2D eigenvalue weighted by Crippen LogP contribution is 2.63. The first kappa shape index (κ1) is 25.1. The SMILES string of the molecule is CCN(CC)S(=O)(=O)c1ccc(NC(=O)c2ccc3c(c2)[C@@H]2[C@H]4CC[C@@H](C4)[C@@H]2[C@@H](c2ccccc2)N3)cc1. The molecule has 1 aliphatic heterocycles. The summed E-state index contributed by atoms with van der Waals surface area (Å²) in [6.07, 6.45) is 3.84. The zero-order valence-corrected chi connectivity index (χ0v) is 22.7. The summed E-state index contributed by atoms with van der Waals surface area (Å²) in [5.41, 5.74) is 4.95. The Labute approximate surface area is 225 Å². The van der Waals surface area contributed by atoms with Crippen molar-refractivity contribution in [2.45, 2.75) is 50.0 Å². The van der Waals surface area contributed by atoms with Gasteiger partial charge in [-0.25, -0.2) is 8.42 Å². The van der Waals surface area contributed by atoms with Crippen molar-refractivity contribution in [3.05, 3.63) is 89.5 Å². The monoisotopic (exact) mass is 529 g/mol. The second-order valence-electron chi connectivity index (χ2n) is 10.8. The standard InChI is InChI=1S/C31H35N3O3S/c1-3-34(4-2)38(36,37)25-15-13-24(14-16-25)32-31(35)23-12-17-27-26(19-23)28-21-10-11-22(18-21)29(28)30(33-27)20-8-6-5-7-9-20/h5-9,12-17,19,21-22,28-30,33H,3-4,10-11,18H2,1-2H3,(H,32,35)/t21-,22-,28-,29-,30+/m0/s1. The van der Waals surface area contributed by atoms with E-state index in [2.05, 4.69) is 53.1 Å². The fourth-order valence-electron chi connectivity index (χ4n) is 7.24. The van der Waals surface area contributed by atoms with E-state index in [0.29, 0.717) is 48.1 Å². The molecule has 2 saturated carbocycles. The normalized spacial score (nSPS) is 25.5. The maximum Gasteiger partial charge on any atom is 0.255 e. The van der Waals surface area contributed by atoms with E-state index in [4.69, 9.17) is 0 Å². The lowest BCUT2D eigenvalue weighted by Gasteiger charge is -2.43. The van der Waals surface area contributed by atoms with E-state index in [1.165, 1.54) is 34.7 Å². The number of anilines is 2. The maximum atomic E-state index is 13.3. The summed E-state index contributed by atoms with van der Waals surface area (Å²) in [5, 5.41) is 6.79. The average Bonchev–Trinajstić information content (AvgIpc) is 3.57. The number of carbonyl (C=O) groups excluding carboxylic acids is 1. The summed E-state index contributed by atoms with van der Waals surface area (Å²) in [6.45, 7) is 4.48. The summed E-state index contributed by atoms with van der Waals surface area (Å²) >= 11 is 0. The van der Waals surface area contributed by atoms with Crippen LogP contribution in [0.15, 0.2) is 77.7 Å². The molecule has 2 bridgehead atoms. The van der Waals surface area contributed by atoms with Crippen LogP contribution in [-0.4, -0.2) is 31.7 Å². The molecule has 2 fully saturated rings. The molecule has 6 rings (SSSR count). The molecule has 1 heterocycles. The lowest BCUT2D eigenvalue weighted by atomic mass is 9.68. The van der Waals surface area contributed by atoms with E-state index < -0.39 is 10.0 Å². The van der Waals surface area contributed by atoms with Gasteiger partial charge in [0.25, 0.3) is 5.91 Å². The summed E-state index contributed by atoms with van der Waals surface area (Å²) in [4.78, 5) is 13.5. The first-order valence-corrected chi connectivity index (χ1v) is 15.2. The van der Waals surface area contributed by atoms with Crippen molar-refractivity contribution in [3.8, 4) is 0 Å². The molecule has 1 amide bonds. The number of sulfonamides is 1. The number of hydrogen-bond donors (Lipinski definition) is 2. The van der Waals surface area contributed by atoms with Gasteiger partial charge in [0, 0.05) is 30.0 Å². The number of rotatable bonds is 7. The minimum Gasteiger partial charge on any atom is -0.378 e. The Morgan fingerprint density at radius 2 is 1.66 bits per heavy atom. The van der Waals surface area contributed by atoms with Crippen LogP contribution in [0.1, 0.15) is 66.6 Å². The number of nitrogens with zero attached hydrogens (tertiary/aromatic N) is 1. The molecule has 0 unspecified atom stereocenters. The van der Waals surface area contributed by atoms with Gasteiger partial charge in [0.05, 0.1) is 10.9 Å². The Bertz CT molecular complexity index is 1430. The van der Waals surface area contributed by atoms with E-state index >= 15 is 0 Å². The van der Waals surface area contributed by atoms with Gasteiger partial charge >= 0.3 is 0 Å². The summed E-state index contributed by atoms with van der Waals surface area (Å²) < 4.78 is 27.0.